The van der Waals surface area contributed by atoms with Gasteiger partial charge in [0, 0.05) is 30.9 Å². The van der Waals surface area contributed by atoms with Gasteiger partial charge < -0.3 is 9.42 Å². The molecule has 0 aliphatic carbocycles. The lowest BCUT2D eigenvalue weighted by Gasteiger charge is -2.35. The van der Waals surface area contributed by atoms with E-state index in [0.29, 0.717) is 18.5 Å². The number of nitrogens with zero attached hydrogens (tertiary/aromatic N) is 4. The van der Waals surface area contributed by atoms with Gasteiger partial charge in [0.25, 0.3) is 5.89 Å². The molecular weight excluding hydrogens is 423 g/mol. The second-order valence-electron chi connectivity index (χ2n) is 7.43. The number of sulfone groups is 1. The standard InChI is InChI=1S/C21H21FN4O4S/c22-21(20-24-19(25-30-20)16-6-4-11-23-14-16)10-5-12-26(15-21)18(27)9-13-31(28,29)17-7-2-1-3-8-17/h1-4,6-8,11,14H,5,9-10,12-13,15H2. The van der Waals surface area contributed by atoms with Gasteiger partial charge in [-0.2, -0.15) is 4.98 Å². The minimum Gasteiger partial charge on any atom is -0.339 e. The Kier molecular flexibility index (Phi) is 5.81. The van der Waals surface area contributed by atoms with Crippen molar-refractivity contribution in [3.8, 4) is 11.4 Å². The van der Waals surface area contributed by atoms with Gasteiger partial charge in [0.05, 0.1) is 17.2 Å². The normalized spacial score (nSPS) is 19.3. The Balaban J connectivity index is 1.43. The number of halogens is 1. The van der Waals surface area contributed by atoms with E-state index in [-0.39, 0.29) is 41.7 Å². The van der Waals surface area contributed by atoms with E-state index in [2.05, 4.69) is 15.1 Å². The highest BCUT2D eigenvalue weighted by Crippen LogP contribution is 2.35. The fourth-order valence-electron chi connectivity index (χ4n) is 3.54. The Morgan fingerprint density at radius 1 is 1.19 bits per heavy atom. The molecule has 10 heteroatoms. The number of pyridine rings is 1. The largest absolute Gasteiger partial charge is 0.339 e. The molecule has 1 saturated heterocycles. The zero-order chi connectivity index (χ0) is 21.9. The summed E-state index contributed by atoms with van der Waals surface area (Å²) >= 11 is 0. The summed E-state index contributed by atoms with van der Waals surface area (Å²) in [5.74, 6) is -0.733. The summed E-state index contributed by atoms with van der Waals surface area (Å²) in [4.78, 5) is 22.3. The summed E-state index contributed by atoms with van der Waals surface area (Å²) in [6.45, 7) is 0.0887. The summed E-state index contributed by atoms with van der Waals surface area (Å²) < 4.78 is 45.7. The lowest BCUT2D eigenvalue weighted by atomic mass is 9.94. The first-order chi connectivity index (χ1) is 14.9. The lowest BCUT2D eigenvalue weighted by Crippen LogP contribution is -2.46. The van der Waals surface area contributed by atoms with Gasteiger partial charge in [-0.25, -0.2) is 12.8 Å². The van der Waals surface area contributed by atoms with Crippen LogP contribution in [0.4, 0.5) is 4.39 Å². The van der Waals surface area contributed by atoms with E-state index in [0.717, 1.165) is 0 Å². The van der Waals surface area contributed by atoms with Crippen LogP contribution in [0.5, 0.6) is 0 Å². The third-order valence-electron chi connectivity index (χ3n) is 5.21. The number of carbonyl (C=O) groups is 1. The summed E-state index contributed by atoms with van der Waals surface area (Å²) in [6, 6.07) is 11.4. The number of rotatable bonds is 6. The van der Waals surface area contributed by atoms with Crippen molar-refractivity contribution in [2.75, 3.05) is 18.8 Å². The van der Waals surface area contributed by atoms with E-state index < -0.39 is 21.4 Å². The van der Waals surface area contributed by atoms with E-state index >= 15 is 4.39 Å². The molecule has 1 aliphatic heterocycles. The number of carbonyl (C=O) groups excluding carboxylic acids is 1. The predicted octanol–water partition coefficient (Wildman–Crippen LogP) is 2.78. The van der Waals surface area contributed by atoms with Gasteiger partial charge >= 0.3 is 0 Å². The first-order valence-electron chi connectivity index (χ1n) is 9.86. The average Bonchev–Trinajstić information content (AvgIpc) is 3.30. The fraction of sp³-hybridized carbons (Fsp3) is 0.333. The Morgan fingerprint density at radius 3 is 2.74 bits per heavy atom. The average molecular weight is 444 g/mol. The van der Waals surface area contributed by atoms with Crippen molar-refractivity contribution in [3.63, 3.8) is 0 Å². The van der Waals surface area contributed by atoms with Gasteiger partial charge in [-0.1, -0.05) is 23.4 Å². The van der Waals surface area contributed by atoms with Crippen LogP contribution >= 0.6 is 0 Å². The van der Waals surface area contributed by atoms with Crippen LogP contribution in [0.25, 0.3) is 11.4 Å². The molecule has 0 bridgehead atoms. The van der Waals surface area contributed by atoms with Crippen molar-refractivity contribution in [1.29, 1.82) is 0 Å². The third kappa shape index (κ3) is 4.63. The molecule has 8 nitrogen and oxygen atoms in total. The van der Waals surface area contributed by atoms with Gasteiger partial charge in [0.2, 0.25) is 17.4 Å². The van der Waals surface area contributed by atoms with E-state index in [1.54, 1.807) is 42.7 Å². The number of benzene rings is 1. The van der Waals surface area contributed by atoms with Gasteiger partial charge in [-0.15, -0.1) is 0 Å². The molecule has 3 heterocycles. The van der Waals surface area contributed by atoms with Crippen LogP contribution in [0.1, 0.15) is 25.2 Å². The highest BCUT2D eigenvalue weighted by atomic mass is 32.2. The van der Waals surface area contributed by atoms with E-state index in [9.17, 15) is 13.2 Å². The number of hydrogen-bond donors (Lipinski definition) is 0. The number of aromatic nitrogens is 3. The Hall–Kier alpha value is -3.14. The Morgan fingerprint density at radius 2 is 2.00 bits per heavy atom. The molecule has 1 amide bonds. The Bertz CT molecular complexity index is 1150. The second-order valence-corrected chi connectivity index (χ2v) is 9.54. The van der Waals surface area contributed by atoms with Gasteiger partial charge in [-0.3, -0.25) is 9.78 Å². The monoisotopic (exact) mass is 444 g/mol. The molecule has 3 aromatic rings. The molecule has 1 aliphatic rings. The molecule has 0 N–H and O–H groups in total. The smallest absolute Gasteiger partial charge is 0.266 e. The first-order valence-corrected chi connectivity index (χ1v) is 11.5. The maximum atomic E-state index is 15.7. The summed E-state index contributed by atoms with van der Waals surface area (Å²) in [7, 11) is -3.59. The summed E-state index contributed by atoms with van der Waals surface area (Å²) in [5, 5.41) is 3.83. The van der Waals surface area contributed by atoms with Gasteiger partial charge in [-0.05, 0) is 37.1 Å². The van der Waals surface area contributed by atoms with Crippen LogP contribution in [-0.2, 0) is 20.3 Å². The number of piperidine rings is 1. The number of amides is 1. The second kappa shape index (κ2) is 8.54. The maximum Gasteiger partial charge on any atom is 0.266 e. The number of likely N-dealkylation sites (tertiary alicyclic amines) is 1. The SMILES string of the molecule is O=C(CCS(=O)(=O)c1ccccc1)N1CCCC(F)(c2nc(-c3cccnc3)no2)C1. The maximum absolute atomic E-state index is 15.7. The molecule has 162 valence electrons. The molecule has 1 atom stereocenters. The molecule has 1 fully saturated rings. The number of hydrogen-bond acceptors (Lipinski definition) is 7. The third-order valence-corrected chi connectivity index (χ3v) is 6.94. The molecule has 1 aromatic carbocycles. The molecule has 0 spiro atoms. The lowest BCUT2D eigenvalue weighted by molar-refractivity contribution is -0.135. The van der Waals surface area contributed by atoms with Gasteiger partial charge in [0.1, 0.15) is 0 Å². The molecule has 2 aromatic heterocycles. The first kappa shape index (κ1) is 21.1. The van der Waals surface area contributed by atoms with E-state index in [1.807, 2.05) is 0 Å². The minimum atomic E-state index is -3.59. The minimum absolute atomic E-state index is 0.133. The fourth-order valence-corrected chi connectivity index (χ4v) is 4.79. The van der Waals surface area contributed by atoms with Crippen molar-refractivity contribution in [1.82, 2.24) is 20.0 Å². The quantitative estimate of drug-likeness (QED) is 0.575. The highest BCUT2D eigenvalue weighted by Gasteiger charge is 2.43. The van der Waals surface area contributed by atoms with E-state index in [4.69, 9.17) is 4.52 Å². The molecule has 31 heavy (non-hydrogen) atoms. The van der Waals surface area contributed by atoms with Crippen molar-refractivity contribution >= 4 is 15.7 Å². The van der Waals surface area contributed by atoms with Crippen LogP contribution in [-0.4, -0.2) is 53.2 Å². The van der Waals surface area contributed by atoms with Crippen LogP contribution < -0.4 is 0 Å². The van der Waals surface area contributed by atoms with Crippen molar-refractivity contribution in [2.24, 2.45) is 0 Å². The van der Waals surface area contributed by atoms with E-state index in [1.165, 1.54) is 17.0 Å². The molecular formula is C21H21FN4O4S. The Labute approximate surface area is 179 Å². The van der Waals surface area contributed by atoms with Crippen LogP contribution in [0.2, 0.25) is 0 Å². The predicted molar refractivity (Wildman–Crippen MR) is 109 cm³/mol. The zero-order valence-corrected chi connectivity index (χ0v) is 17.5. The van der Waals surface area contributed by atoms with Crippen molar-refractivity contribution in [3.05, 3.63) is 60.7 Å². The highest BCUT2D eigenvalue weighted by molar-refractivity contribution is 7.91. The molecule has 1 unspecified atom stereocenters. The summed E-state index contributed by atoms with van der Waals surface area (Å²) in [6.07, 6.45) is 3.46. The van der Waals surface area contributed by atoms with Crippen LogP contribution in [0.3, 0.4) is 0 Å². The van der Waals surface area contributed by atoms with Crippen molar-refractivity contribution < 1.29 is 22.1 Å². The van der Waals surface area contributed by atoms with Crippen molar-refractivity contribution in [2.45, 2.75) is 29.8 Å². The summed E-state index contributed by atoms with van der Waals surface area (Å²) in [5.41, 5.74) is -1.39. The topological polar surface area (TPSA) is 106 Å². The van der Waals surface area contributed by atoms with Gasteiger partial charge in [0.15, 0.2) is 9.84 Å². The molecule has 0 saturated carbocycles. The van der Waals surface area contributed by atoms with Crippen LogP contribution in [0, 0.1) is 0 Å². The molecule has 4 rings (SSSR count). The zero-order valence-electron chi connectivity index (χ0n) is 16.6. The van der Waals surface area contributed by atoms with Crippen LogP contribution in [0.15, 0.2) is 64.3 Å². The molecule has 0 radical (unpaired) electrons. The number of alkyl halides is 1.